The van der Waals surface area contributed by atoms with E-state index < -0.39 is 5.91 Å². The standard InChI is InChI=1S/C19H18N2O4/c1-3-24-16-11-7-5-9-14(16)21-19(23)18-17(20-12(2)22)13-8-4-6-10-15(13)25-18/h4-11H,3H2,1-2H3,(H,20,22)(H,21,23). The van der Waals surface area contributed by atoms with E-state index in [1.165, 1.54) is 6.92 Å². The Labute approximate surface area is 144 Å². The lowest BCUT2D eigenvalue weighted by Crippen LogP contribution is -2.15. The summed E-state index contributed by atoms with van der Waals surface area (Å²) in [4.78, 5) is 24.3. The highest BCUT2D eigenvalue weighted by atomic mass is 16.5. The summed E-state index contributed by atoms with van der Waals surface area (Å²) in [7, 11) is 0. The Balaban J connectivity index is 1.98. The van der Waals surface area contributed by atoms with Crippen LogP contribution in [-0.2, 0) is 4.79 Å². The Morgan fingerprint density at radius 1 is 1.04 bits per heavy atom. The molecule has 0 bridgehead atoms. The molecule has 25 heavy (non-hydrogen) atoms. The van der Waals surface area contributed by atoms with Crippen molar-refractivity contribution in [2.75, 3.05) is 17.2 Å². The molecule has 3 rings (SSSR count). The Morgan fingerprint density at radius 3 is 2.52 bits per heavy atom. The van der Waals surface area contributed by atoms with E-state index >= 15 is 0 Å². The first-order chi connectivity index (χ1) is 12.1. The molecule has 0 aliphatic rings. The average molecular weight is 338 g/mol. The van der Waals surface area contributed by atoms with E-state index in [2.05, 4.69) is 10.6 Å². The summed E-state index contributed by atoms with van der Waals surface area (Å²) in [5.41, 5.74) is 1.41. The van der Waals surface area contributed by atoms with Gasteiger partial charge in [0.05, 0.1) is 12.3 Å². The summed E-state index contributed by atoms with van der Waals surface area (Å²) < 4.78 is 11.2. The van der Waals surface area contributed by atoms with E-state index in [1.54, 1.807) is 36.4 Å². The fourth-order valence-electron chi connectivity index (χ4n) is 2.54. The van der Waals surface area contributed by atoms with Crippen molar-refractivity contribution in [3.05, 3.63) is 54.3 Å². The molecule has 0 spiro atoms. The van der Waals surface area contributed by atoms with Crippen LogP contribution in [0.4, 0.5) is 11.4 Å². The van der Waals surface area contributed by atoms with Gasteiger partial charge in [-0.3, -0.25) is 9.59 Å². The van der Waals surface area contributed by atoms with Crippen LogP contribution in [0.25, 0.3) is 11.0 Å². The number of rotatable bonds is 5. The third-order valence-corrected chi connectivity index (χ3v) is 3.54. The third-order valence-electron chi connectivity index (χ3n) is 3.54. The van der Waals surface area contributed by atoms with Gasteiger partial charge in [-0.2, -0.15) is 0 Å². The van der Waals surface area contributed by atoms with Gasteiger partial charge in [0.1, 0.15) is 17.0 Å². The molecule has 0 unspecified atom stereocenters. The van der Waals surface area contributed by atoms with Crippen molar-refractivity contribution < 1.29 is 18.7 Å². The summed E-state index contributed by atoms with van der Waals surface area (Å²) in [5, 5.41) is 6.12. The molecule has 2 amide bonds. The Hall–Kier alpha value is -3.28. The van der Waals surface area contributed by atoms with Gasteiger partial charge in [0, 0.05) is 12.3 Å². The molecule has 0 fully saturated rings. The number of carbonyl (C=O) groups is 2. The second-order valence-electron chi connectivity index (χ2n) is 5.37. The molecule has 0 radical (unpaired) electrons. The monoisotopic (exact) mass is 338 g/mol. The first kappa shape index (κ1) is 16.6. The van der Waals surface area contributed by atoms with Crippen LogP contribution in [0.2, 0.25) is 0 Å². The lowest BCUT2D eigenvalue weighted by atomic mass is 10.2. The summed E-state index contributed by atoms with van der Waals surface area (Å²) in [6.45, 7) is 3.73. The van der Waals surface area contributed by atoms with Crippen LogP contribution in [-0.4, -0.2) is 18.4 Å². The zero-order valence-corrected chi connectivity index (χ0v) is 14.0. The zero-order chi connectivity index (χ0) is 17.8. The second kappa shape index (κ2) is 7.09. The molecule has 1 heterocycles. The molecule has 1 aromatic heterocycles. The van der Waals surface area contributed by atoms with Crippen molar-refractivity contribution in [1.29, 1.82) is 0 Å². The summed E-state index contributed by atoms with van der Waals surface area (Å²) in [5.74, 6) is -0.138. The van der Waals surface area contributed by atoms with Crippen molar-refractivity contribution in [1.82, 2.24) is 0 Å². The third kappa shape index (κ3) is 3.47. The normalized spacial score (nSPS) is 10.5. The van der Waals surface area contributed by atoms with Gasteiger partial charge < -0.3 is 19.8 Å². The first-order valence-electron chi connectivity index (χ1n) is 7.92. The molecule has 6 nitrogen and oxygen atoms in total. The highest BCUT2D eigenvalue weighted by Crippen LogP contribution is 2.32. The van der Waals surface area contributed by atoms with Crippen molar-refractivity contribution in [2.24, 2.45) is 0 Å². The number of nitrogens with one attached hydrogen (secondary N) is 2. The summed E-state index contributed by atoms with van der Waals surface area (Å²) in [6.07, 6.45) is 0. The SMILES string of the molecule is CCOc1ccccc1NC(=O)c1oc2ccccc2c1NC(C)=O. The van der Waals surface area contributed by atoms with Crippen molar-refractivity contribution in [3.63, 3.8) is 0 Å². The van der Waals surface area contributed by atoms with E-state index in [9.17, 15) is 9.59 Å². The maximum absolute atomic E-state index is 12.7. The molecule has 128 valence electrons. The molecular weight excluding hydrogens is 320 g/mol. The van der Waals surface area contributed by atoms with Gasteiger partial charge in [-0.05, 0) is 31.2 Å². The van der Waals surface area contributed by atoms with E-state index in [-0.39, 0.29) is 11.7 Å². The van der Waals surface area contributed by atoms with Gasteiger partial charge in [0.15, 0.2) is 0 Å². The summed E-state index contributed by atoms with van der Waals surface area (Å²) >= 11 is 0. The fourth-order valence-corrected chi connectivity index (χ4v) is 2.54. The number of amides is 2. The van der Waals surface area contributed by atoms with Crippen LogP contribution >= 0.6 is 0 Å². The van der Waals surface area contributed by atoms with Gasteiger partial charge in [-0.1, -0.05) is 24.3 Å². The Morgan fingerprint density at radius 2 is 1.76 bits per heavy atom. The minimum Gasteiger partial charge on any atom is -0.492 e. The Kier molecular flexibility index (Phi) is 4.70. The van der Waals surface area contributed by atoms with Crippen LogP contribution in [0.5, 0.6) is 5.75 Å². The van der Waals surface area contributed by atoms with Crippen molar-refractivity contribution in [3.8, 4) is 5.75 Å². The lowest BCUT2D eigenvalue weighted by Gasteiger charge is -2.11. The number of ether oxygens (including phenoxy) is 1. The maximum atomic E-state index is 12.7. The lowest BCUT2D eigenvalue weighted by molar-refractivity contribution is -0.114. The molecule has 3 aromatic rings. The van der Waals surface area contributed by atoms with Crippen LogP contribution in [0.15, 0.2) is 52.9 Å². The molecular formula is C19H18N2O4. The number of furan rings is 1. The molecule has 0 saturated heterocycles. The molecule has 0 aliphatic carbocycles. The molecule has 2 N–H and O–H groups in total. The Bertz CT molecular complexity index is 930. The number of para-hydroxylation sites is 3. The van der Waals surface area contributed by atoms with Crippen molar-refractivity contribution in [2.45, 2.75) is 13.8 Å². The van der Waals surface area contributed by atoms with Crippen LogP contribution in [0.1, 0.15) is 24.4 Å². The number of carbonyl (C=O) groups excluding carboxylic acids is 2. The molecule has 2 aromatic carbocycles. The molecule has 0 atom stereocenters. The second-order valence-corrected chi connectivity index (χ2v) is 5.37. The van der Waals surface area contributed by atoms with Crippen molar-refractivity contribution >= 4 is 34.2 Å². The predicted octanol–water partition coefficient (Wildman–Crippen LogP) is 4.04. The van der Waals surface area contributed by atoms with Gasteiger partial charge in [0.2, 0.25) is 11.7 Å². The predicted molar refractivity (Wildman–Crippen MR) is 96.1 cm³/mol. The van der Waals surface area contributed by atoms with E-state index in [0.717, 1.165) is 0 Å². The largest absolute Gasteiger partial charge is 0.492 e. The van der Waals surface area contributed by atoms with Gasteiger partial charge in [0.25, 0.3) is 5.91 Å². The smallest absolute Gasteiger partial charge is 0.293 e. The van der Waals surface area contributed by atoms with Gasteiger partial charge in [-0.25, -0.2) is 0 Å². The van der Waals surface area contributed by atoms with E-state index in [4.69, 9.17) is 9.15 Å². The molecule has 6 heteroatoms. The van der Waals surface area contributed by atoms with Crippen LogP contribution in [0, 0.1) is 0 Å². The maximum Gasteiger partial charge on any atom is 0.293 e. The topological polar surface area (TPSA) is 80.6 Å². The average Bonchev–Trinajstić information content (AvgIpc) is 2.95. The number of hydrogen-bond donors (Lipinski definition) is 2. The minimum absolute atomic E-state index is 0.0442. The zero-order valence-electron chi connectivity index (χ0n) is 14.0. The number of benzene rings is 2. The molecule has 0 aliphatic heterocycles. The number of hydrogen-bond acceptors (Lipinski definition) is 4. The highest BCUT2D eigenvalue weighted by Gasteiger charge is 2.22. The summed E-state index contributed by atoms with van der Waals surface area (Å²) in [6, 6.07) is 14.3. The molecule has 0 saturated carbocycles. The highest BCUT2D eigenvalue weighted by molar-refractivity contribution is 6.14. The van der Waals surface area contributed by atoms with Crippen LogP contribution in [0.3, 0.4) is 0 Å². The number of fused-ring (bicyclic) bond motifs is 1. The number of anilines is 2. The van der Waals surface area contributed by atoms with Crippen LogP contribution < -0.4 is 15.4 Å². The van der Waals surface area contributed by atoms with E-state index in [1.807, 2.05) is 19.1 Å². The fraction of sp³-hybridized carbons (Fsp3) is 0.158. The quantitative estimate of drug-likeness (QED) is 0.735. The van der Waals surface area contributed by atoms with Gasteiger partial charge >= 0.3 is 0 Å². The van der Waals surface area contributed by atoms with Gasteiger partial charge in [-0.15, -0.1) is 0 Å². The van der Waals surface area contributed by atoms with E-state index in [0.29, 0.717) is 34.7 Å². The first-order valence-corrected chi connectivity index (χ1v) is 7.92. The minimum atomic E-state index is -0.466.